The molecule has 0 heterocycles. The molecule has 0 bridgehead atoms. The number of halogens is 1. The van der Waals surface area contributed by atoms with Gasteiger partial charge in [-0.15, -0.1) is 0 Å². The lowest BCUT2D eigenvalue weighted by molar-refractivity contribution is 0.0916. The van der Waals surface area contributed by atoms with Crippen molar-refractivity contribution < 1.29 is 14.6 Å². The number of carbonyl (C=O) groups excluding carboxylic acids is 1. The van der Waals surface area contributed by atoms with E-state index in [9.17, 15) is 9.90 Å². The molecule has 1 unspecified atom stereocenters. The van der Waals surface area contributed by atoms with Crippen molar-refractivity contribution in [3.63, 3.8) is 0 Å². The zero-order valence-corrected chi connectivity index (χ0v) is 11.2. The standard InChI is InChI=1S/C13H18ClNO3/c1-8(7-18-13(15)17)12(9(2)16)10-5-3-4-6-11(10)14/h3-6,8-9,12,16H,7H2,1-2H3,(H2,15,17)/t8-,9+,12?/m0/s1. The highest BCUT2D eigenvalue weighted by molar-refractivity contribution is 6.31. The van der Waals surface area contributed by atoms with Crippen molar-refractivity contribution in [3.8, 4) is 0 Å². The fraction of sp³-hybridized carbons (Fsp3) is 0.462. The average Bonchev–Trinajstić information content (AvgIpc) is 2.29. The van der Waals surface area contributed by atoms with Gasteiger partial charge in [0.1, 0.15) is 0 Å². The summed E-state index contributed by atoms with van der Waals surface area (Å²) in [6, 6.07) is 7.32. The van der Waals surface area contributed by atoms with Gasteiger partial charge in [-0.1, -0.05) is 36.7 Å². The van der Waals surface area contributed by atoms with Crippen LogP contribution in [-0.4, -0.2) is 23.9 Å². The lowest BCUT2D eigenvalue weighted by Gasteiger charge is -2.27. The molecule has 1 amide bonds. The molecule has 0 aliphatic rings. The van der Waals surface area contributed by atoms with Crippen molar-refractivity contribution in [2.45, 2.75) is 25.9 Å². The average molecular weight is 272 g/mol. The summed E-state index contributed by atoms with van der Waals surface area (Å²) < 4.78 is 4.78. The maximum atomic E-state index is 10.6. The summed E-state index contributed by atoms with van der Waals surface area (Å²) in [7, 11) is 0. The zero-order chi connectivity index (χ0) is 13.7. The maximum absolute atomic E-state index is 10.6. The highest BCUT2D eigenvalue weighted by Crippen LogP contribution is 2.33. The van der Waals surface area contributed by atoms with Crippen LogP contribution in [0.4, 0.5) is 4.79 Å². The molecule has 1 aromatic rings. The van der Waals surface area contributed by atoms with Crippen LogP contribution in [0.3, 0.4) is 0 Å². The van der Waals surface area contributed by atoms with Crippen molar-refractivity contribution in [1.29, 1.82) is 0 Å². The molecule has 3 atom stereocenters. The van der Waals surface area contributed by atoms with Gasteiger partial charge >= 0.3 is 6.09 Å². The van der Waals surface area contributed by atoms with E-state index >= 15 is 0 Å². The normalized spacial score (nSPS) is 15.8. The van der Waals surface area contributed by atoms with Gasteiger partial charge in [-0.2, -0.15) is 0 Å². The van der Waals surface area contributed by atoms with E-state index in [1.165, 1.54) is 0 Å². The number of rotatable bonds is 5. The fourth-order valence-corrected chi connectivity index (χ4v) is 2.37. The number of aliphatic hydroxyl groups is 1. The summed E-state index contributed by atoms with van der Waals surface area (Å²) in [6.45, 7) is 3.72. The van der Waals surface area contributed by atoms with E-state index in [-0.39, 0.29) is 18.4 Å². The quantitative estimate of drug-likeness (QED) is 0.864. The first-order chi connectivity index (χ1) is 8.43. The number of ether oxygens (including phenoxy) is 1. The van der Waals surface area contributed by atoms with Crippen LogP contribution in [0.1, 0.15) is 25.3 Å². The first-order valence-corrected chi connectivity index (χ1v) is 6.16. The molecule has 100 valence electrons. The predicted octanol–water partition coefficient (Wildman–Crippen LogP) is 2.54. The smallest absolute Gasteiger partial charge is 0.404 e. The van der Waals surface area contributed by atoms with Crippen molar-refractivity contribution in [3.05, 3.63) is 34.9 Å². The van der Waals surface area contributed by atoms with Gasteiger partial charge in [0.15, 0.2) is 0 Å². The lowest BCUT2D eigenvalue weighted by Crippen LogP contribution is -2.27. The molecule has 1 aromatic carbocycles. The molecule has 0 radical (unpaired) electrons. The third kappa shape index (κ3) is 3.89. The molecule has 1 rings (SSSR count). The Labute approximate surface area is 112 Å². The van der Waals surface area contributed by atoms with Crippen LogP contribution in [0.2, 0.25) is 5.02 Å². The minimum atomic E-state index is -0.814. The van der Waals surface area contributed by atoms with Crippen molar-refractivity contribution in [2.24, 2.45) is 11.7 Å². The Kier molecular flexibility index (Phi) is 5.44. The second-order valence-electron chi connectivity index (χ2n) is 4.40. The number of amides is 1. The molecular formula is C13H18ClNO3. The number of nitrogens with two attached hydrogens (primary N) is 1. The molecule has 5 heteroatoms. The van der Waals surface area contributed by atoms with Gasteiger partial charge < -0.3 is 15.6 Å². The van der Waals surface area contributed by atoms with Gasteiger partial charge in [-0.25, -0.2) is 4.79 Å². The first-order valence-electron chi connectivity index (χ1n) is 5.78. The number of primary amides is 1. The second kappa shape index (κ2) is 6.61. The van der Waals surface area contributed by atoms with Crippen LogP contribution in [0.5, 0.6) is 0 Å². The fourth-order valence-electron chi connectivity index (χ4n) is 2.10. The molecule has 0 saturated carbocycles. The van der Waals surface area contributed by atoms with E-state index in [1.54, 1.807) is 13.0 Å². The molecule has 0 aliphatic carbocycles. The Morgan fingerprint density at radius 2 is 2.06 bits per heavy atom. The number of hydrogen-bond acceptors (Lipinski definition) is 3. The van der Waals surface area contributed by atoms with Crippen LogP contribution in [0.25, 0.3) is 0 Å². The molecule has 0 fully saturated rings. The van der Waals surface area contributed by atoms with Crippen LogP contribution >= 0.6 is 11.6 Å². The van der Waals surface area contributed by atoms with E-state index in [4.69, 9.17) is 22.1 Å². The Morgan fingerprint density at radius 1 is 1.44 bits per heavy atom. The predicted molar refractivity (Wildman–Crippen MR) is 70.6 cm³/mol. The Bertz CT molecular complexity index is 409. The van der Waals surface area contributed by atoms with E-state index in [0.29, 0.717) is 5.02 Å². The minimum absolute atomic E-state index is 0.0857. The highest BCUT2D eigenvalue weighted by Gasteiger charge is 2.26. The van der Waals surface area contributed by atoms with Gasteiger partial charge in [-0.05, 0) is 24.5 Å². The number of aliphatic hydroxyl groups excluding tert-OH is 1. The third-order valence-corrected chi connectivity index (χ3v) is 3.23. The Hall–Kier alpha value is -1.26. The third-order valence-electron chi connectivity index (χ3n) is 2.89. The molecule has 4 nitrogen and oxygen atoms in total. The second-order valence-corrected chi connectivity index (χ2v) is 4.80. The highest BCUT2D eigenvalue weighted by atomic mass is 35.5. The van der Waals surface area contributed by atoms with Crippen molar-refractivity contribution in [1.82, 2.24) is 0 Å². The van der Waals surface area contributed by atoms with Gasteiger partial charge in [0, 0.05) is 10.9 Å². The van der Waals surface area contributed by atoms with Gasteiger partial charge in [0.2, 0.25) is 0 Å². The summed E-state index contributed by atoms with van der Waals surface area (Å²) in [5.74, 6) is -0.296. The van der Waals surface area contributed by atoms with Crippen LogP contribution < -0.4 is 5.73 Å². The largest absolute Gasteiger partial charge is 0.449 e. The summed E-state index contributed by atoms with van der Waals surface area (Å²) in [6.07, 6.45) is -1.42. The van der Waals surface area contributed by atoms with Gasteiger partial charge in [-0.3, -0.25) is 0 Å². The SMILES string of the molecule is C[C@@H](O)C(c1ccccc1Cl)[C@@H](C)COC(N)=O. The Balaban J connectivity index is 2.89. The summed E-state index contributed by atoms with van der Waals surface area (Å²) in [5, 5.41) is 10.5. The minimum Gasteiger partial charge on any atom is -0.449 e. The maximum Gasteiger partial charge on any atom is 0.404 e. The van der Waals surface area contributed by atoms with E-state index in [0.717, 1.165) is 5.56 Å². The summed E-state index contributed by atoms with van der Waals surface area (Å²) in [5.41, 5.74) is 5.78. The molecule has 18 heavy (non-hydrogen) atoms. The van der Waals surface area contributed by atoms with Gasteiger partial charge in [0.05, 0.1) is 12.7 Å². The van der Waals surface area contributed by atoms with E-state index < -0.39 is 12.2 Å². The van der Waals surface area contributed by atoms with Crippen LogP contribution in [-0.2, 0) is 4.74 Å². The van der Waals surface area contributed by atoms with Crippen molar-refractivity contribution in [2.75, 3.05) is 6.61 Å². The number of carbonyl (C=O) groups is 1. The van der Waals surface area contributed by atoms with E-state index in [2.05, 4.69) is 0 Å². The number of benzene rings is 1. The molecule has 0 saturated heterocycles. The monoisotopic (exact) mass is 271 g/mol. The molecule has 0 aliphatic heterocycles. The van der Waals surface area contributed by atoms with Crippen LogP contribution in [0.15, 0.2) is 24.3 Å². The lowest BCUT2D eigenvalue weighted by atomic mass is 9.84. The van der Waals surface area contributed by atoms with Crippen LogP contribution in [0, 0.1) is 5.92 Å². The summed E-state index contributed by atoms with van der Waals surface area (Å²) in [4.78, 5) is 10.6. The first kappa shape index (κ1) is 14.8. The van der Waals surface area contributed by atoms with Crippen molar-refractivity contribution >= 4 is 17.7 Å². The Morgan fingerprint density at radius 3 is 2.56 bits per heavy atom. The topological polar surface area (TPSA) is 72.6 Å². The molecule has 3 N–H and O–H groups in total. The van der Waals surface area contributed by atoms with E-state index in [1.807, 2.05) is 25.1 Å². The number of hydrogen-bond donors (Lipinski definition) is 2. The zero-order valence-electron chi connectivity index (χ0n) is 10.5. The molecule has 0 aromatic heterocycles. The summed E-state index contributed by atoms with van der Waals surface area (Å²) >= 11 is 6.13. The molecule has 0 spiro atoms. The molecular weight excluding hydrogens is 254 g/mol. The van der Waals surface area contributed by atoms with Gasteiger partial charge in [0.25, 0.3) is 0 Å².